The summed E-state index contributed by atoms with van der Waals surface area (Å²) in [6.07, 6.45) is 4.90. The van der Waals surface area contributed by atoms with Crippen molar-refractivity contribution in [3.8, 4) is 0 Å². The van der Waals surface area contributed by atoms with E-state index in [1.165, 1.54) is 0 Å². The molecule has 8 heteroatoms. The lowest BCUT2D eigenvalue weighted by molar-refractivity contribution is 0.0983. The highest BCUT2D eigenvalue weighted by Crippen LogP contribution is 2.40. The number of thiazole rings is 1. The van der Waals surface area contributed by atoms with Gasteiger partial charge in [-0.2, -0.15) is 4.98 Å². The van der Waals surface area contributed by atoms with Crippen molar-refractivity contribution in [2.24, 2.45) is 0 Å². The molecule has 0 saturated carbocycles. The average molecular weight is 358 g/mol. The van der Waals surface area contributed by atoms with E-state index < -0.39 is 0 Å². The second kappa shape index (κ2) is 7.38. The van der Waals surface area contributed by atoms with E-state index in [1.807, 2.05) is 23.7 Å². The van der Waals surface area contributed by atoms with Gasteiger partial charge in [0.15, 0.2) is 5.82 Å². The van der Waals surface area contributed by atoms with Crippen molar-refractivity contribution in [1.29, 1.82) is 0 Å². The van der Waals surface area contributed by atoms with E-state index in [9.17, 15) is 0 Å². The maximum atomic E-state index is 5.87. The molecule has 1 saturated heterocycles. The highest BCUT2D eigenvalue weighted by molar-refractivity contribution is 7.09. The Morgan fingerprint density at radius 3 is 3.16 bits per heavy atom. The summed E-state index contributed by atoms with van der Waals surface area (Å²) in [4.78, 5) is 13.2. The second-order valence-corrected chi connectivity index (χ2v) is 6.81. The van der Waals surface area contributed by atoms with Crippen LogP contribution >= 0.6 is 11.3 Å². The van der Waals surface area contributed by atoms with Crippen LogP contribution in [0, 0.1) is 0 Å². The number of rotatable bonds is 6. The normalized spacial score (nSPS) is 20.2. The standard InChI is InChI=1S/C17H18N4O3S/c1-22-9-15-19-12(10-25-15)7-14-20-17(24-21-14)13-4-6-23-16(13)11-3-2-5-18-8-11/h2-3,5,8,10,13,16H,4,6-7,9H2,1H3/t13-,16+/m1/s1. The number of pyridine rings is 1. The van der Waals surface area contributed by atoms with Gasteiger partial charge in [0.1, 0.15) is 5.01 Å². The van der Waals surface area contributed by atoms with E-state index in [0.29, 0.717) is 31.3 Å². The summed E-state index contributed by atoms with van der Waals surface area (Å²) >= 11 is 1.57. The van der Waals surface area contributed by atoms with Gasteiger partial charge in [0.25, 0.3) is 0 Å². The molecule has 3 aromatic heterocycles. The first-order valence-corrected chi connectivity index (χ1v) is 8.97. The smallest absolute Gasteiger partial charge is 0.232 e. The fourth-order valence-electron chi connectivity index (χ4n) is 2.99. The molecule has 1 aliphatic rings. The van der Waals surface area contributed by atoms with Gasteiger partial charge in [-0.15, -0.1) is 11.3 Å². The molecule has 0 aliphatic carbocycles. The minimum Gasteiger partial charge on any atom is -0.378 e. The second-order valence-electron chi connectivity index (χ2n) is 5.86. The summed E-state index contributed by atoms with van der Waals surface area (Å²) in [5.74, 6) is 1.32. The van der Waals surface area contributed by atoms with E-state index in [1.54, 1.807) is 24.6 Å². The van der Waals surface area contributed by atoms with E-state index >= 15 is 0 Å². The van der Waals surface area contributed by atoms with Crippen LogP contribution in [0.2, 0.25) is 0 Å². The molecule has 0 spiro atoms. The molecule has 4 heterocycles. The first kappa shape index (κ1) is 16.3. The fourth-order valence-corrected chi connectivity index (χ4v) is 3.75. The van der Waals surface area contributed by atoms with Crippen LogP contribution in [0.4, 0.5) is 0 Å². The lowest BCUT2D eigenvalue weighted by Crippen LogP contribution is -2.07. The predicted molar refractivity (Wildman–Crippen MR) is 90.2 cm³/mol. The first-order valence-electron chi connectivity index (χ1n) is 8.09. The number of methoxy groups -OCH3 is 1. The molecular formula is C17H18N4O3S. The van der Waals surface area contributed by atoms with Gasteiger partial charge >= 0.3 is 0 Å². The summed E-state index contributed by atoms with van der Waals surface area (Å²) in [6.45, 7) is 1.20. The van der Waals surface area contributed by atoms with Crippen molar-refractivity contribution in [3.05, 3.63) is 57.9 Å². The van der Waals surface area contributed by atoms with Gasteiger partial charge in [0.2, 0.25) is 5.89 Å². The van der Waals surface area contributed by atoms with Gasteiger partial charge in [-0.05, 0) is 18.1 Å². The lowest BCUT2D eigenvalue weighted by Gasteiger charge is -2.14. The maximum Gasteiger partial charge on any atom is 0.232 e. The Bertz CT molecular complexity index is 820. The minimum atomic E-state index is -0.0884. The largest absolute Gasteiger partial charge is 0.378 e. The third-order valence-electron chi connectivity index (χ3n) is 4.11. The molecule has 0 aromatic carbocycles. The monoisotopic (exact) mass is 358 g/mol. The van der Waals surface area contributed by atoms with Crippen LogP contribution in [-0.4, -0.2) is 33.8 Å². The van der Waals surface area contributed by atoms with Crippen molar-refractivity contribution in [1.82, 2.24) is 20.1 Å². The van der Waals surface area contributed by atoms with Crippen LogP contribution < -0.4 is 0 Å². The van der Waals surface area contributed by atoms with Crippen molar-refractivity contribution in [2.75, 3.05) is 13.7 Å². The van der Waals surface area contributed by atoms with E-state index in [-0.39, 0.29) is 12.0 Å². The zero-order valence-corrected chi connectivity index (χ0v) is 14.6. The summed E-state index contributed by atoms with van der Waals surface area (Å²) in [5, 5.41) is 7.06. The van der Waals surface area contributed by atoms with Crippen LogP contribution in [0.15, 0.2) is 34.4 Å². The Morgan fingerprint density at radius 1 is 1.36 bits per heavy atom. The highest BCUT2D eigenvalue weighted by atomic mass is 32.1. The third kappa shape index (κ3) is 3.60. The average Bonchev–Trinajstić information content (AvgIpc) is 3.37. The molecule has 0 amide bonds. The minimum absolute atomic E-state index is 0.0601. The van der Waals surface area contributed by atoms with E-state index in [4.69, 9.17) is 14.0 Å². The van der Waals surface area contributed by atoms with Gasteiger partial charge < -0.3 is 14.0 Å². The van der Waals surface area contributed by atoms with Crippen molar-refractivity contribution < 1.29 is 14.0 Å². The van der Waals surface area contributed by atoms with Crippen LogP contribution in [0.3, 0.4) is 0 Å². The SMILES string of the molecule is COCc1nc(Cc2noc([C@@H]3CCO[C@H]3c3cccnc3)n2)cs1. The summed E-state index contributed by atoms with van der Waals surface area (Å²) in [6, 6.07) is 3.92. The van der Waals surface area contributed by atoms with Crippen molar-refractivity contribution >= 4 is 11.3 Å². The molecule has 2 atom stereocenters. The van der Waals surface area contributed by atoms with Gasteiger partial charge in [-0.1, -0.05) is 11.2 Å². The molecule has 0 N–H and O–H groups in total. The molecular weight excluding hydrogens is 340 g/mol. The van der Waals surface area contributed by atoms with Crippen molar-refractivity contribution in [2.45, 2.75) is 31.5 Å². The lowest BCUT2D eigenvalue weighted by atomic mass is 9.96. The Kier molecular flexibility index (Phi) is 4.82. The predicted octanol–water partition coefficient (Wildman–Crippen LogP) is 2.90. The number of ether oxygens (including phenoxy) is 2. The van der Waals surface area contributed by atoms with E-state index in [0.717, 1.165) is 22.7 Å². The maximum absolute atomic E-state index is 5.87. The van der Waals surface area contributed by atoms with Crippen LogP contribution in [0.25, 0.3) is 0 Å². The molecule has 1 aliphatic heterocycles. The Labute approximate surface area is 149 Å². The Morgan fingerprint density at radius 2 is 2.32 bits per heavy atom. The summed E-state index contributed by atoms with van der Waals surface area (Å²) in [5.41, 5.74) is 1.96. The first-order chi connectivity index (χ1) is 12.3. The summed E-state index contributed by atoms with van der Waals surface area (Å²) in [7, 11) is 1.66. The molecule has 4 rings (SSSR count). The zero-order valence-electron chi connectivity index (χ0n) is 13.8. The molecule has 7 nitrogen and oxygen atoms in total. The fraction of sp³-hybridized carbons (Fsp3) is 0.412. The van der Waals surface area contributed by atoms with Crippen molar-refractivity contribution in [3.63, 3.8) is 0 Å². The number of hydrogen-bond donors (Lipinski definition) is 0. The number of aromatic nitrogens is 4. The molecule has 1 fully saturated rings. The van der Waals surface area contributed by atoms with Gasteiger partial charge in [0, 0.05) is 31.5 Å². The zero-order chi connectivity index (χ0) is 17.1. The van der Waals surface area contributed by atoms with Crippen LogP contribution in [0.1, 0.15) is 46.4 Å². The number of hydrogen-bond acceptors (Lipinski definition) is 8. The highest BCUT2D eigenvalue weighted by Gasteiger charge is 2.35. The molecule has 3 aromatic rings. The Balaban J connectivity index is 1.48. The molecule has 130 valence electrons. The third-order valence-corrected chi connectivity index (χ3v) is 4.98. The van der Waals surface area contributed by atoms with Gasteiger partial charge in [0.05, 0.1) is 30.7 Å². The molecule has 0 unspecified atom stereocenters. The molecule has 0 radical (unpaired) electrons. The van der Waals surface area contributed by atoms with Gasteiger partial charge in [-0.3, -0.25) is 4.98 Å². The Hall–Kier alpha value is -2.16. The van der Waals surface area contributed by atoms with Crippen LogP contribution in [0.5, 0.6) is 0 Å². The van der Waals surface area contributed by atoms with Crippen LogP contribution in [-0.2, 0) is 22.5 Å². The van der Waals surface area contributed by atoms with E-state index in [2.05, 4.69) is 20.1 Å². The quantitative estimate of drug-likeness (QED) is 0.670. The van der Waals surface area contributed by atoms with Gasteiger partial charge in [-0.25, -0.2) is 4.98 Å². The molecule has 25 heavy (non-hydrogen) atoms. The number of nitrogens with zero attached hydrogens (tertiary/aromatic N) is 4. The molecule has 0 bridgehead atoms. The summed E-state index contributed by atoms with van der Waals surface area (Å²) < 4.78 is 16.5. The topological polar surface area (TPSA) is 83.2 Å².